The Morgan fingerprint density at radius 2 is 1.92 bits per heavy atom. The van der Waals surface area contributed by atoms with Crippen LogP contribution in [0.4, 0.5) is 11.8 Å². The molecule has 0 radical (unpaired) electrons. The highest BCUT2D eigenvalue weighted by Gasteiger charge is 2.22. The second kappa shape index (κ2) is 7.49. The first-order valence-corrected chi connectivity index (χ1v) is 9.54. The lowest BCUT2D eigenvalue weighted by molar-refractivity contribution is 0.237. The summed E-state index contributed by atoms with van der Waals surface area (Å²) in [7, 11) is 0. The van der Waals surface area contributed by atoms with Crippen molar-refractivity contribution in [3.63, 3.8) is 0 Å². The van der Waals surface area contributed by atoms with Crippen LogP contribution >= 0.6 is 0 Å². The molecular weight excluding hydrogens is 330 g/mol. The number of rotatable bonds is 4. The van der Waals surface area contributed by atoms with Crippen molar-refractivity contribution in [2.45, 2.75) is 44.7 Å². The maximum Gasteiger partial charge on any atom is 0.254 e. The summed E-state index contributed by atoms with van der Waals surface area (Å²) in [6, 6.07) is 2.13. The summed E-state index contributed by atoms with van der Waals surface area (Å²) in [6.45, 7) is 4.48. The van der Waals surface area contributed by atoms with Gasteiger partial charge in [0.15, 0.2) is 0 Å². The summed E-state index contributed by atoms with van der Waals surface area (Å²) in [4.78, 5) is 27.3. The summed E-state index contributed by atoms with van der Waals surface area (Å²) in [5, 5.41) is 0. The number of hydrogen-bond acceptors (Lipinski definition) is 6. The molecule has 0 atom stereocenters. The van der Waals surface area contributed by atoms with Gasteiger partial charge in [-0.2, -0.15) is 4.98 Å². The molecule has 1 saturated heterocycles. The molecule has 1 saturated carbocycles. The minimum Gasteiger partial charge on any atom is -0.369 e. The molecule has 1 aliphatic heterocycles. The topological polar surface area (TPSA) is 96.1 Å². The van der Waals surface area contributed by atoms with E-state index in [0.29, 0.717) is 11.9 Å². The molecule has 8 nitrogen and oxygen atoms in total. The highest BCUT2D eigenvalue weighted by atomic mass is 16.1. The van der Waals surface area contributed by atoms with E-state index in [0.717, 1.165) is 32.7 Å². The predicted octanol–water partition coefficient (Wildman–Crippen LogP) is 1.38. The molecule has 3 heterocycles. The first-order valence-electron chi connectivity index (χ1n) is 9.54. The quantitative estimate of drug-likeness (QED) is 0.858. The van der Waals surface area contributed by atoms with E-state index in [1.165, 1.54) is 43.9 Å². The number of imidazole rings is 1. The molecule has 2 aromatic heterocycles. The Bertz CT molecular complexity index is 785. The smallest absolute Gasteiger partial charge is 0.254 e. The molecule has 1 aliphatic carbocycles. The van der Waals surface area contributed by atoms with Crippen LogP contribution in [0.25, 0.3) is 0 Å². The minimum atomic E-state index is -0.202. The number of anilines is 2. The Hall–Kier alpha value is -2.35. The molecule has 0 aromatic carbocycles. The standard InChI is InChI=1S/C18H27N7O/c19-18-21-16(10-17(26)22-18)24-8-6-23(7-9-24)12-15-11-20-13-25(15)14-4-2-1-3-5-14/h10-11,13-14H,1-9,12H2,(H3,19,21,22,26). The fourth-order valence-corrected chi connectivity index (χ4v) is 4.13. The maximum absolute atomic E-state index is 11.6. The highest BCUT2D eigenvalue weighted by molar-refractivity contribution is 5.41. The fourth-order valence-electron chi connectivity index (χ4n) is 4.13. The summed E-state index contributed by atoms with van der Waals surface area (Å²) >= 11 is 0. The van der Waals surface area contributed by atoms with Gasteiger partial charge in [-0.25, -0.2) is 4.98 Å². The molecule has 0 spiro atoms. The van der Waals surface area contributed by atoms with Crippen LogP contribution in [0.2, 0.25) is 0 Å². The van der Waals surface area contributed by atoms with Crippen LogP contribution < -0.4 is 16.2 Å². The number of aromatic nitrogens is 4. The minimum absolute atomic E-state index is 0.173. The lowest BCUT2D eigenvalue weighted by Crippen LogP contribution is -2.46. The molecule has 0 unspecified atom stereocenters. The van der Waals surface area contributed by atoms with Gasteiger partial charge in [-0.1, -0.05) is 19.3 Å². The summed E-state index contributed by atoms with van der Waals surface area (Å²) in [5.74, 6) is 0.837. The van der Waals surface area contributed by atoms with Crippen molar-refractivity contribution in [1.82, 2.24) is 24.4 Å². The number of hydrogen-bond donors (Lipinski definition) is 2. The lowest BCUT2D eigenvalue weighted by atomic mass is 9.95. The summed E-state index contributed by atoms with van der Waals surface area (Å²) in [5.41, 5.74) is 6.76. The van der Waals surface area contributed by atoms with Crippen molar-refractivity contribution in [2.24, 2.45) is 0 Å². The van der Waals surface area contributed by atoms with E-state index in [1.54, 1.807) is 0 Å². The number of nitrogens with two attached hydrogens (primary N) is 1. The van der Waals surface area contributed by atoms with E-state index in [1.807, 2.05) is 12.5 Å². The first-order chi connectivity index (χ1) is 12.7. The third-order valence-corrected chi connectivity index (χ3v) is 5.54. The number of nitrogens with zero attached hydrogens (tertiary/aromatic N) is 5. The number of piperazine rings is 1. The van der Waals surface area contributed by atoms with E-state index >= 15 is 0 Å². The van der Waals surface area contributed by atoms with Gasteiger partial charge in [0.25, 0.3) is 5.56 Å². The van der Waals surface area contributed by atoms with Crippen molar-refractivity contribution < 1.29 is 0 Å². The van der Waals surface area contributed by atoms with E-state index in [2.05, 4.69) is 29.3 Å². The zero-order valence-electron chi connectivity index (χ0n) is 15.1. The number of aromatic amines is 1. The number of H-pyrrole nitrogens is 1. The zero-order chi connectivity index (χ0) is 17.9. The molecule has 4 rings (SSSR count). The second-order valence-corrected chi connectivity index (χ2v) is 7.34. The summed E-state index contributed by atoms with van der Waals surface area (Å²) in [6.07, 6.45) is 10.6. The van der Waals surface area contributed by atoms with Crippen LogP contribution in [0.15, 0.2) is 23.4 Å². The Labute approximate surface area is 153 Å². The molecule has 2 aliphatic rings. The Balaban J connectivity index is 1.37. The van der Waals surface area contributed by atoms with Gasteiger partial charge in [0.1, 0.15) is 5.82 Å². The Morgan fingerprint density at radius 3 is 2.65 bits per heavy atom. The Kier molecular flexibility index (Phi) is 4.92. The molecule has 26 heavy (non-hydrogen) atoms. The molecule has 8 heteroatoms. The molecule has 2 fully saturated rings. The second-order valence-electron chi connectivity index (χ2n) is 7.34. The molecule has 3 N–H and O–H groups in total. The largest absolute Gasteiger partial charge is 0.369 e. The van der Waals surface area contributed by atoms with Crippen LogP contribution in [0, 0.1) is 0 Å². The lowest BCUT2D eigenvalue weighted by Gasteiger charge is -2.35. The summed E-state index contributed by atoms with van der Waals surface area (Å²) < 4.78 is 2.39. The zero-order valence-corrected chi connectivity index (χ0v) is 15.1. The number of nitrogen functional groups attached to an aromatic ring is 1. The van der Waals surface area contributed by atoms with Crippen molar-refractivity contribution in [1.29, 1.82) is 0 Å². The molecule has 2 aromatic rings. The van der Waals surface area contributed by atoms with E-state index in [4.69, 9.17) is 5.73 Å². The van der Waals surface area contributed by atoms with E-state index < -0.39 is 0 Å². The fraction of sp³-hybridized carbons (Fsp3) is 0.611. The SMILES string of the molecule is Nc1nc(N2CCN(Cc3cncn3C3CCCCC3)CC2)cc(=O)[nH]1. The van der Waals surface area contributed by atoms with Crippen LogP contribution in [-0.2, 0) is 6.54 Å². The van der Waals surface area contributed by atoms with E-state index in [9.17, 15) is 4.79 Å². The monoisotopic (exact) mass is 357 g/mol. The van der Waals surface area contributed by atoms with Gasteiger partial charge in [-0.15, -0.1) is 0 Å². The van der Waals surface area contributed by atoms with Crippen molar-refractivity contribution in [3.8, 4) is 0 Å². The van der Waals surface area contributed by atoms with Crippen LogP contribution in [0.1, 0.15) is 43.8 Å². The van der Waals surface area contributed by atoms with Crippen molar-refractivity contribution in [2.75, 3.05) is 36.8 Å². The number of nitrogens with one attached hydrogen (secondary N) is 1. The van der Waals surface area contributed by atoms with Gasteiger partial charge in [0, 0.05) is 51.0 Å². The van der Waals surface area contributed by atoms with Gasteiger partial charge < -0.3 is 15.2 Å². The predicted molar refractivity (Wildman–Crippen MR) is 101 cm³/mol. The molecule has 140 valence electrons. The average Bonchev–Trinajstić information content (AvgIpc) is 3.10. The van der Waals surface area contributed by atoms with E-state index in [-0.39, 0.29) is 11.5 Å². The van der Waals surface area contributed by atoms with Gasteiger partial charge in [0.2, 0.25) is 5.95 Å². The molecule has 0 amide bonds. The van der Waals surface area contributed by atoms with Crippen LogP contribution in [0.3, 0.4) is 0 Å². The molecule has 0 bridgehead atoms. The first kappa shape index (κ1) is 17.1. The third kappa shape index (κ3) is 3.75. The maximum atomic E-state index is 11.6. The van der Waals surface area contributed by atoms with Gasteiger partial charge in [-0.05, 0) is 12.8 Å². The van der Waals surface area contributed by atoms with Gasteiger partial charge >= 0.3 is 0 Å². The Morgan fingerprint density at radius 1 is 1.15 bits per heavy atom. The highest BCUT2D eigenvalue weighted by Crippen LogP contribution is 2.29. The third-order valence-electron chi connectivity index (χ3n) is 5.54. The average molecular weight is 357 g/mol. The van der Waals surface area contributed by atoms with Crippen LogP contribution in [0.5, 0.6) is 0 Å². The molecular formula is C18H27N7O. The van der Waals surface area contributed by atoms with Crippen molar-refractivity contribution in [3.05, 3.63) is 34.6 Å². The van der Waals surface area contributed by atoms with Gasteiger partial charge in [-0.3, -0.25) is 14.7 Å². The normalized spacial score (nSPS) is 19.8. The van der Waals surface area contributed by atoms with Gasteiger partial charge in [0.05, 0.1) is 12.0 Å². The van der Waals surface area contributed by atoms with Crippen LogP contribution in [-0.4, -0.2) is 50.6 Å². The van der Waals surface area contributed by atoms with Crippen molar-refractivity contribution >= 4 is 11.8 Å².